The summed E-state index contributed by atoms with van der Waals surface area (Å²) in [6.45, 7) is 0.307. The van der Waals surface area contributed by atoms with Gasteiger partial charge in [-0.05, 0) is 18.6 Å². The van der Waals surface area contributed by atoms with Gasteiger partial charge >= 0.3 is 5.69 Å². The maximum absolute atomic E-state index is 13.3. The molecule has 0 aliphatic carbocycles. The Labute approximate surface area is 178 Å². The van der Waals surface area contributed by atoms with Crippen LogP contribution in [0.25, 0.3) is 16.5 Å². The number of carbonyl (C=O) groups excluding carboxylic acids is 1. The number of likely N-dealkylation sites (tertiary alicyclic amines) is 1. The lowest BCUT2D eigenvalue weighted by atomic mass is 10.1. The van der Waals surface area contributed by atoms with E-state index in [2.05, 4.69) is 5.16 Å². The Bertz CT molecular complexity index is 1480. The average Bonchev–Trinajstić information content (AvgIpc) is 3.57. The van der Waals surface area contributed by atoms with Crippen LogP contribution in [0.1, 0.15) is 34.8 Å². The van der Waals surface area contributed by atoms with E-state index >= 15 is 0 Å². The van der Waals surface area contributed by atoms with E-state index in [1.807, 2.05) is 0 Å². The molecule has 0 unspecified atom stereocenters. The van der Waals surface area contributed by atoms with Gasteiger partial charge in [-0.25, -0.2) is 9.36 Å². The monoisotopic (exact) mass is 433 g/mol. The van der Waals surface area contributed by atoms with Gasteiger partial charge in [-0.3, -0.25) is 19.5 Å². The van der Waals surface area contributed by atoms with Crippen molar-refractivity contribution < 1.29 is 19.3 Å². The van der Waals surface area contributed by atoms with Gasteiger partial charge in [-0.1, -0.05) is 23.4 Å². The summed E-state index contributed by atoms with van der Waals surface area (Å²) < 4.78 is 7.65. The molecule has 6 rings (SSSR count). The first-order valence-electron chi connectivity index (χ1n) is 9.91. The van der Waals surface area contributed by atoms with Crippen LogP contribution in [0, 0.1) is 10.1 Å². The highest BCUT2D eigenvalue weighted by molar-refractivity contribution is 5.97. The molecule has 11 heteroatoms. The van der Waals surface area contributed by atoms with E-state index in [9.17, 15) is 24.8 Å². The predicted molar refractivity (Wildman–Crippen MR) is 110 cm³/mol. The van der Waals surface area contributed by atoms with Gasteiger partial charge in [0.25, 0.3) is 11.6 Å². The fourth-order valence-corrected chi connectivity index (χ4v) is 4.98. The van der Waals surface area contributed by atoms with E-state index in [1.54, 1.807) is 29.2 Å². The molecule has 1 amide bonds. The van der Waals surface area contributed by atoms with Crippen LogP contribution in [0.5, 0.6) is 5.88 Å². The van der Waals surface area contributed by atoms with Crippen LogP contribution in [0.15, 0.2) is 58.0 Å². The van der Waals surface area contributed by atoms with Gasteiger partial charge in [0.05, 0.1) is 34.3 Å². The minimum atomic E-state index is -0.490. The SMILES string of the molecule is O=C(c1ccno1)N1C[C@@H]2C[C@H]1c1c(O)n(-c3ccc([N+](=O)[O-])c4ccccc34)c(=O)n12. The number of aromatic nitrogens is 3. The molecular weight excluding hydrogens is 418 g/mol. The van der Waals surface area contributed by atoms with Gasteiger partial charge in [0, 0.05) is 24.1 Å². The molecule has 4 aromatic rings. The number of amides is 1. The van der Waals surface area contributed by atoms with Gasteiger partial charge in [0.15, 0.2) is 0 Å². The van der Waals surface area contributed by atoms with Crippen LogP contribution in [0.2, 0.25) is 0 Å². The lowest BCUT2D eigenvalue weighted by Crippen LogP contribution is -2.37. The van der Waals surface area contributed by atoms with Crippen molar-refractivity contribution >= 4 is 22.4 Å². The van der Waals surface area contributed by atoms with Gasteiger partial charge in [0.2, 0.25) is 11.6 Å². The first-order valence-corrected chi connectivity index (χ1v) is 9.91. The highest BCUT2D eigenvalue weighted by atomic mass is 16.6. The molecule has 160 valence electrons. The number of nitrogens with zero attached hydrogens (tertiary/aromatic N) is 5. The highest BCUT2D eigenvalue weighted by Crippen LogP contribution is 2.49. The van der Waals surface area contributed by atoms with Crippen LogP contribution in [0.4, 0.5) is 5.69 Å². The normalized spacial score (nSPS) is 18.9. The number of rotatable bonds is 3. The summed E-state index contributed by atoms with van der Waals surface area (Å²) in [7, 11) is 0. The minimum Gasteiger partial charge on any atom is -0.493 e. The third-order valence-corrected chi connectivity index (χ3v) is 6.28. The quantitative estimate of drug-likeness (QED) is 0.387. The topological polar surface area (TPSA) is 137 Å². The highest BCUT2D eigenvalue weighted by Gasteiger charge is 2.49. The second kappa shape index (κ2) is 6.30. The third-order valence-electron chi connectivity index (χ3n) is 6.28. The molecule has 32 heavy (non-hydrogen) atoms. The molecule has 2 aliphatic rings. The van der Waals surface area contributed by atoms with Crippen LogP contribution in [0.3, 0.4) is 0 Å². The van der Waals surface area contributed by atoms with Gasteiger partial charge in [-0.15, -0.1) is 0 Å². The molecule has 0 radical (unpaired) electrons. The summed E-state index contributed by atoms with van der Waals surface area (Å²) in [6, 6.07) is 10.1. The number of hydrogen-bond donors (Lipinski definition) is 1. The van der Waals surface area contributed by atoms with E-state index < -0.39 is 16.7 Å². The molecule has 2 atom stereocenters. The van der Waals surface area contributed by atoms with Crippen molar-refractivity contribution in [3.8, 4) is 11.6 Å². The zero-order valence-corrected chi connectivity index (χ0v) is 16.4. The molecule has 2 aromatic carbocycles. The van der Waals surface area contributed by atoms with Crippen molar-refractivity contribution in [3.63, 3.8) is 0 Å². The first kappa shape index (κ1) is 18.4. The van der Waals surface area contributed by atoms with Crippen molar-refractivity contribution in [3.05, 3.63) is 80.7 Å². The van der Waals surface area contributed by atoms with Crippen LogP contribution in [-0.2, 0) is 0 Å². The predicted octanol–water partition coefficient (Wildman–Crippen LogP) is 2.54. The summed E-state index contributed by atoms with van der Waals surface area (Å²) >= 11 is 0. The standard InChI is InChI=1S/C21H15N5O6/c27-19(17-7-8-22-32-17)23-10-11-9-16(23)18-20(28)25(21(29)24(11)18)14-5-6-15(26(30)31)13-4-2-1-3-12(13)14/h1-8,11,16,28H,9-10H2/t11-,16-/m0/s1. The molecule has 4 heterocycles. The van der Waals surface area contributed by atoms with Crippen molar-refractivity contribution in [2.45, 2.75) is 18.5 Å². The van der Waals surface area contributed by atoms with Crippen LogP contribution < -0.4 is 5.69 Å². The Morgan fingerprint density at radius 1 is 1.19 bits per heavy atom. The first-order chi connectivity index (χ1) is 15.5. The van der Waals surface area contributed by atoms with Crippen LogP contribution in [-0.4, -0.2) is 41.7 Å². The molecule has 2 aromatic heterocycles. The number of fused-ring (bicyclic) bond motifs is 6. The van der Waals surface area contributed by atoms with Gasteiger partial charge < -0.3 is 14.5 Å². The van der Waals surface area contributed by atoms with E-state index in [-0.39, 0.29) is 29.3 Å². The van der Waals surface area contributed by atoms with Crippen molar-refractivity contribution in [1.82, 2.24) is 19.2 Å². The molecular formula is C21H15N5O6. The zero-order chi connectivity index (χ0) is 22.1. The van der Waals surface area contributed by atoms with Crippen molar-refractivity contribution in [2.24, 2.45) is 0 Å². The average molecular weight is 433 g/mol. The fourth-order valence-electron chi connectivity index (χ4n) is 4.98. The summed E-state index contributed by atoms with van der Waals surface area (Å²) in [6.07, 6.45) is 1.89. The number of hydrogen-bond acceptors (Lipinski definition) is 7. The molecule has 1 fully saturated rings. The smallest absolute Gasteiger partial charge is 0.336 e. The number of nitro benzene ring substituents is 1. The molecule has 11 nitrogen and oxygen atoms in total. The maximum Gasteiger partial charge on any atom is 0.336 e. The van der Waals surface area contributed by atoms with Gasteiger partial charge in [0.1, 0.15) is 5.69 Å². The molecule has 2 bridgehead atoms. The number of aromatic hydroxyl groups is 1. The molecule has 0 spiro atoms. The summed E-state index contributed by atoms with van der Waals surface area (Å²) in [5.74, 6) is -0.551. The molecule has 1 saturated heterocycles. The largest absolute Gasteiger partial charge is 0.493 e. The Hall–Kier alpha value is -4.41. The lowest BCUT2D eigenvalue weighted by molar-refractivity contribution is -0.383. The maximum atomic E-state index is 13.3. The van der Waals surface area contributed by atoms with Crippen molar-refractivity contribution in [2.75, 3.05) is 6.54 Å². The number of carbonyl (C=O) groups is 1. The van der Waals surface area contributed by atoms with E-state index in [0.29, 0.717) is 35.1 Å². The number of nitro groups is 1. The summed E-state index contributed by atoms with van der Waals surface area (Å²) in [5.41, 5.74) is 0.146. The minimum absolute atomic E-state index is 0.0896. The third kappa shape index (κ3) is 2.27. The lowest BCUT2D eigenvalue weighted by Gasteiger charge is -2.26. The van der Waals surface area contributed by atoms with Gasteiger partial charge in [-0.2, -0.15) is 0 Å². The molecule has 1 N–H and O–H groups in total. The van der Waals surface area contributed by atoms with E-state index in [1.165, 1.54) is 29.0 Å². The number of imidazole rings is 1. The Morgan fingerprint density at radius 3 is 2.69 bits per heavy atom. The Balaban J connectivity index is 1.51. The zero-order valence-electron chi connectivity index (χ0n) is 16.4. The fraction of sp³-hybridized carbons (Fsp3) is 0.190. The Morgan fingerprint density at radius 2 is 1.97 bits per heavy atom. The second-order valence-electron chi connectivity index (χ2n) is 7.84. The molecule has 2 aliphatic heterocycles. The van der Waals surface area contributed by atoms with Crippen molar-refractivity contribution in [1.29, 1.82) is 0 Å². The second-order valence-corrected chi connectivity index (χ2v) is 7.84. The van der Waals surface area contributed by atoms with E-state index in [4.69, 9.17) is 4.52 Å². The Kier molecular flexibility index (Phi) is 3.61. The summed E-state index contributed by atoms with van der Waals surface area (Å²) in [4.78, 5) is 38.7. The number of benzene rings is 2. The number of non-ortho nitro benzene ring substituents is 1. The van der Waals surface area contributed by atoms with Crippen LogP contribution >= 0.6 is 0 Å². The van der Waals surface area contributed by atoms with E-state index in [0.717, 1.165) is 4.57 Å². The molecule has 0 saturated carbocycles. The summed E-state index contributed by atoms with van der Waals surface area (Å²) in [5, 5.41) is 26.9.